The second-order valence-electron chi connectivity index (χ2n) is 2.05. The maximum atomic E-state index is 6.64. The Morgan fingerprint density at radius 3 is 3.00 bits per heavy atom. The standard InChI is InChI=1S/C7H7ClN2O/c1-3-6-5(4-9-2)7(8)11-10-6/h3-4H2,1H3. The number of nitrogens with zero attached hydrogens (tertiary/aromatic N) is 2. The van der Waals surface area contributed by atoms with E-state index in [1.807, 2.05) is 6.92 Å². The van der Waals surface area contributed by atoms with E-state index < -0.39 is 0 Å². The number of aryl methyl sites for hydroxylation is 1. The fraction of sp³-hybridized carbons (Fsp3) is 0.429. The molecule has 0 radical (unpaired) electrons. The molecule has 1 heterocycles. The SMILES string of the molecule is [C-]#[N+]Cc1c(CC)noc1Cl. The normalized spacial score (nSPS) is 9.55. The molecule has 1 aromatic heterocycles. The van der Waals surface area contributed by atoms with Gasteiger partial charge in [-0.3, -0.25) is 0 Å². The van der Waals surface area contributed by atoms with E-state index in [4.69, 9.17) is 22.7 Å². The first kappa shape index (κ1) is 8.09. The quantitative estimate of drug-likeness (QED) is 0.638. The van der Waals surface area contributed by atoms with Gasteiger partial charge in [0.25, 0.3) is 0 Å². The molecule has 3 nitrogen and oxygen atoms in total. The molecule has 1 rings (SSSR count). The zero-order valence-corrected chi connectivity index (χ0v) is 6.85. The van der Waals surface area contributed by atoms with Crippen LogP contribution in [0.4, 0.5) is 0 Å². The van der Waals surface area contributed by atoms with Gasteiger partial charge in [0.05, 0.1) is 5.69 Å². The van der Waals surface area contributed by atoms with Crippen LogP contribution in [-0.2, 0) is 13.0 Å². The Morgan fingerprint density at radius 1 is 1.73 bits per heavy atom. The first-order chi connectivity index (χ1) is 5.29. The lowest BCUT2D eigenvalue weighted by atomic mass is 10.2. The third-order valence-corrected chi connectivity index (χ3v) is 1.69. The van der Waals surface area contributed by atoms with E-state index in [9.17, 15) is 0 Å². The molecule has 0 aromatic carbocycles. The third-order valence-electron chi connectivity index (χ3n) is 1.39. The summed E-state index contributed by atoms with van der Waals surface area (Å²) in [6.07, 6.45) is 0.751. The van der Waals surface area contributed by atoms with Crippen molar-refractivity contribution in [1.82, 2.24) is 5.16 Å². The van der Waals surface area contributed by atoms with E-state index in [-0.39, 0.29) is 11.8 Å². The molecule has 0 N–H and O–H groups in total. The molecule has 11 heavy (non-hydrogen) atoms. The fourth-order valence-corrected chi connectivity index (χ4v) is 1.03. The van der Waals surface area contributed by atoms with E-state index >= 15 is 0 Å². The molecule has 0 aliphatic rings. The number of halogens is 1. The molecule has 0 saturated heterocycles. The Bertz CT molecular complexity index is 287. The van der Waals surface area contributed by atoms with E-state index in [2.05, 4.69) is 10.0 Å². The minimum atomic E-state index is 0.248. The maximum absolute atomic E-state index is 6.64. The van der Waals surface area contributed by atoms with Crippen LogP contribution < -0.4 is 0 Å². The van der Waals surface area contributed by atoms with E-state index in [1.54, 1.807) is 0 Å². The zero-order chi connectivity index (χ0) is 8.27. The van der Waals surface area contributed by atoms with Gasteiger partial charge >= 0.3 is 0 Å². The van der Waals surface area contributed by atoms with Crippen molar-refractivity contribution in [1.29, 1.82) is 0 Å². The summed E-state index contributed by atoms with van der Waals surface area (Å²) in [6, 6.07) is 0. The van der Waals surface area contributed by atoms with Gasteiger partial charge < -0.3 is 9.37 Å². The summed E-state index contributed by atoms with van der Waals surface area (Å²) in [5.41, 5.74) is 1.51. The molecule has 0 atom stereocenters. The molecule has 0 fully saturated rings. The van der Waals surface area contributed by atoms with Crippen molar-refractivity contribution in [3.05, 3.63) is 27.9 Å². The van der Waals surface area contributed by atoms with Crippen LogP contribution in [0.15, 0.2) is 4.52 Å². The highest BCUT2D eigenvalue weighted by Gasteiger charge is 2.14. The van der Waals surface area contributed by atoms with Crippen LogP contribution in [0.2, 0.25) is 5.22 Å². The Morgan fingerprint density at radius 2 is 2.45 bits per heavy atom. The predicted molar refractivity (Wildman–Crippen MR) is 41.2 cm³/mol. The minimum absolute atomic E-state index is 0.248. The molecule has 0 bridgehead atoms. The van der Waals surface area contributed by atoms with Crippen molar-refractivity contribution in [2.45, 2.75) is 19.9 Å². The first-order valence-electron chi connectivity index (χ1n) is 3.25. The van der Waals surface area contributed by atoms with Crippen LogP contribution in [-0.4, -0.2) is 5.16 Å². The molecule has 0 aliphatic heterocycles. The Balaban J connectivity index is 2.99. The first-order valence-corrected chi connectivity index (χ1v) is 3.63. The smallest absolute Gasteiger partial charge is 0.246 e. The molecule has 58 valence electrons. The lowest BCUT2D eigenvalue weighted by molar-refractivity contribution is 0.414. The van der Waals surface area contributed by atoms with Gasteiger partial charge in [-0.25, -0.2) is 6.57 Å². The molecule has 4 heteroatoms. The molecule has 0 unspecified atom stereocenters. The van der Waals surface area contributed by atoms with Crippen molar-refractivity contribution >= 4 is 11.6 Å². The van der Waals surface area contributed by atoms with E-state index in [1.165, 1.54) is 0 Å². The molecular formula is C7H7ClN2O. The van der Waals surface area contributed by atoms with Crippen molar-refractivity contribution in [2.75, 3.05) is 0 Å². The summed E-state index contributed by atoms with van der Waals surface area (Å²) in [5.74, 6) is 0. The summed E-state index contributed by atoms with van der Waals surface area (Å²) in [7, 11) is 0. The number of aromatic nitrogens is 1. The van der Waals surface area contributed by atoms with E-state index in [0.29, 0.717) is 0 Å². The van der Waals surface area contributed by atoms with Crippen LogP contribution in [0.1, 0.15) is 18.2 Å². The van der Waals surface area contributed by atoms with Crippen LogP contribution in [0.3, 0.4) is 0 Å². The Labute approximate surface area is 69.8 Å². The monoisotopic (exact) mass is 170 g/mol. The average Bonchev–Trinajstić information content (AvgIpc) is 2.34. The minimum Gasteiger partial charge on any atom is -0.344 e. The summed E-state index contributed by atoms with van der Waals surface area (Å²) < 4.78 is 4.71. The summed E-state index contributed by atoms with van der Waals surface area (Å²) in [6.45, 7) is 8.85. The predicted octanol–water partition coefficient (Wildman–Crippen LogP) is 2.31. The zero-order valence-electron chi connectivity index (χ0n) is 6.09. The largest absolute Gasteiger partial charge is 0.344 e. The van der Waals surface area contributed by atoms with E-state index in [0.717, 1.165) is 17.7 Å². The van der Waals surface area contributed by atoms with Gasteiger partial charge in [-0.2, -0.15) is 0 Å². The van der Waals surface area contributed by atoms with Gasteiger partial charge in [0.15, 0.2) is 0 Å². The van der Waals surface area contributed by atoms with Crippen LogP contribution >= 0.6 is 11.6 Å². The Hall–Kier alpha value is -1.01. The molecule has 1 aromatic rings. The lowest BCUT2D eigenvalue weighted by Crippen LogP contribution is -1.86. The van der Waals surface area contributed by atoms with Gasteiger partial charge in [0, 0.05) is 0 Å². The second kappa shape index (κ2) is 3.40. The summed E-state index contributed by atoms with van der Waals surface area (Å²) in [5, 5.41) is 3.95. The molecule has 0 aliphatic carbocycles. The van der Waals surface area contributed by atoms with Gasteiger partial charge in [-0.1, -0.05) is 12.1 Å². The average molecular weight is 171 g/mol. The van der Waals surface area contributed by atoms with Gasteiger partial charge in [-0.15, -0.1) is 0 Å². The van der Waals surface area contributed by atoms with Crippen molar-refractivity contribution in [2.24, 2.45) is 0 Å². The number of rotatable bonds is 2. The lowest BCUT2D eigenvalue weighted by Gasteiger charge is -1.86. The topological polar surface area (TPSA) is 30.4 Å². The number of hydrogen-bond donors (Lipinski definition) is 0. The summed E-state index contributed by atoms with van der Waals surface area (Å²) >= 11 is 5.63. The van der Waals surface area contributed by atoms with Crippen molar-refractivity contribution in [3.8, 4) is 0 Å². The highest BCUT2D eigenvalue weighted by molar-refractivity contribution is 6.29. The number of hydrogen-bond acceptors (Lipinski definition) is 2. The molecule has 0 saturated carbocycles. The van der Waals surface area contributed by atoms with Crippen molar-refractivity contribution in [3.63, 3.8) is 0 Å². The summed E-state index contributed by atoms with van der Waals surface area (Å²) in [4.78, 5) is 3.21. The van der Waals surface area contributed by atoms with Gasteiger partial charge in [-0.05, 0) is 18.0 Å². The molecule has 0 amide bonds. The maximum Gasteiger partial charge on any atom is 0.246 e. The fourth-order valence-electron chi connectivity index (χ4n) is 0.829. The molecule has 0 spiro atoms. The third kappa shape index (κ3) is 1.52. The van der Waals surface area contributed by atoms with Gasteiger partial charge in [0.2, 0.25) is 11.8 Å². The highest BCUT2D eigenvalue weighted by atomic mass is 35.5. The van der Waals surface area contributed by atoms with Crippen LogP contribution in [0.5, 0.6) is 0 Å². The highest BCUT2D eigenvalue weighted by Crippen LogP contribution is 2.20. The molecular weight excluding hydrogens is 164 g/mol. The van der Waals surface area contributed by atoms with Crippen LogP contribution in [0.25, 0.3) is 4.85 Å². The van der Waals surface area contributed by atoms with Crippen LogP contribution in [0, 0.1) is 6.57 Å². The second-order valence-corrected chi connectivity index (χ2v) is 2.39. The Kier molecular flexibility index (Phi) is 2.50. The van der Waals surface area contributed by atoms with Crippen molar-refractivity contribution < 1.29 is 4.52 Å². The van der Waals surface area contributed by atoms with Gasteiger partial charge in [0.1, 0.15) is 5.56 Å².